The predicted octanol–water partition coefficient (Wildman–Crippen LogP) is 0.0212. The molecule has 1 aromatic heterocycles. The van der Waals surface area contributed by atoms with E-state index >= 15 is 0 Å². The molecular formula is C11H14N4O2. The van der Waals surface area contributed by atoms with Gasteiger partial charge in [0.1, 0.15) is 11.7 Å². The number of aromatic nitrogens is 2. The number of piperazine rings is 1. The Hall–Kier alpha value is -2.11. The van der Waals surface area contributed by atoms with E-state index in [1.54, 1.807) is 12.3 Å². The van der Waals surface area contributed by atoms with E-state index in [2.05, 4.69) is 20.6 Å². The molecule has 90 valence electrons. The maximum absolute atomic E-state index is 11.8. The van der Waals surface area contributed by atoms with Gasteiger partial charge < -0.3 is 15.6 Å². The summed E-state index contributed by atoms with van der Waals surface area (Å²) in [6.45, 7) is 3.77. The van der Waals surface area contributed by atoms with Gasteiger partial charge in [0.05, 0.1) is 18.2 Å². The summed E-state index contributed by atoms with van der Waals surface area (Å²) in [5.41, 5.74) is 0.898. The number of imidazole rings is 1. The molecule has 0 unspecified atom stereocenters. The Bertz CT molecular complexity index is 462. The number of nitrogens with one attached hydrogen (secondary N) is 3. The molecule has 1 aromatic rings. The molecule has 0 aliphatic carbocycles. The maximum atomic E-state index is 11.8. The van der Waals surface area contributed by atoms with Crippen LogP contribution in [0.5, 0.6) is 0 Å². The minimum atomic E-state index is -0.471. The number of hydrogen-bond acceptors (Lipinski definition) is 3. The van der Waals surface area contributed by atoms with E-state index in [1.807, 2.05) is 13.8 Å². The second-order valence-electron chi connectivity index (χ2n) is 4.25. The molecule has 2 amide bonds. The molecule has 1 aliphatic heterocycles. The number of carbonyl (C=O) groups excluding carboxylic acids is 2. The SMILES string of the molecule is CC(C)[C@H]1NC(=O)C(=Cc2cnc[nH]2)NC1=O. The van der Waals surface area contributed by atoms with Crippen LogP contribution in [-0.2, 0) is 9.59 Å². The Morgan fingerprint density at radius 1 is 1.41 bits per heavy atom. The van der Waals surface area contributed by atoms with Crippen molar-refractivity contribution in [1.29, 1.82) is 0 Å². The second kappa shape index (κ2) is 4.40. The highest BCUT2D eigenvalue weighted by Crippen LogP contribution is 2.10. The van der Waals surface area contributed by atoms with Crippen molar-refractivity contribution in [2.75, 3.05) is 0 Å². The molecule has 6 heteroatoms. The Morgan fingerprint density at radius 3 is 2.76 bits per heavy atom. The van der Waals surface area contributed by atoms with E-state index in [0.29, 0.717) is 5.69 Å². The Balaban J connectivity index is 2.18. The average molecular weight is 234 g/mol. The molecule has 3 N–H and O–H groups in total. The smallest absolute Gasteiger partial charge is 0.268 e. The number of carbonyl (C=O) groups is 2. The highest BCUT2D eigenvalue weighted by molar-refractivity contribution is 6.07. The molecule has 0 radical (unpaired) electrons. The molecule has 6 nitrogen and oxygen atoms in total. The summed E-state index contributed by atoms with van der Waals surface area (Å²) in [6.07, 6.45) is 4.63. The third kappa shape index (κ3) is 2.35. The normalized spacial score (nSPS) is 22.8. The third-order valence-corrected chi connectivity index (χ3v) is 2.56. The van der Waals surface area contributed by atoms with E-state index in [-0.39, 0.29) is 23.4 Å². The summed E-state index contributed by atoms with van der Waals surface area (Å²) < 4.78 is 0. The zero-order valence-electron chi connectivity index (χ0n) is 9.65. The fourth-order valence-corrected chi connectivity index (χ4v) is 1.62. The number of aromatic amines is 1. The van der Waals surface area contributed by atoms with Crippen molar-refractivity contribution in [3.8, 4) is 0 Å². The fourth-order valence-electron chi connectivity index (χ4n) is 1.62. The van der Waals surface area contributed by atoms with E-state index in [9.17, 15) is 9.59 Å². The van der Waals surface area contributed by atoms with Crippen molar-refractivity contribution in [3.05, 3.63) is 23.9 Å². The van der Waals surface area contributed by atoms with Gasteiger partial charge in [-0.25, -0.2) is 4.98 Å². The van der Waals surface area contributed by atoms with E-state index < -0.39 is 6.04 Å². The van der Waals surface area contributed by atoms with E-state index in [1.165, 1.54) is 6.33 Å². The topological polar surface area (TPSA) is 86.9 Å². The van der Waals surface area contributed by atoms with Crippen LogP contribution in [0.3, 0.4) is 0 Å². The van der Waals surface area contributed by atoms with Gasteiger partial charge >= 0.3 is 0 Å². The Kier molecular flexibility index (Phi) is 2.95. The average Bonchev–Trinajstić information content (AvgIpc) is 2.75. The lowest BCUT2D eigenvalue weighted by molar-refractivity contribution is -0.132. The fraction of sp³-hybridized carbons (Fsp3) is 0.364. The number of amides is 2. The molecule has 0 aromatic carbocycles. The largest absolute Gasteiger partial charge is 0.345 e. The number of rotatable bonds is 2. The van der Waals surface area contributed by atoms with Gasteiger partial charge in [-0.05, 0) is 12.0 Å². The Morgan fingerprint density at radius 2 is 2.18 bits per heavy atom. The van der Waals surface area contributed by atoms with Gasteiger partial charge in [-0.1, -0.05) is 13.8 Å². The van der Waals surface area contributed by atoms with Crippen molar-refractivity contribution in [1.82, 2.24) is 20.6 Å². The van der Waals surface area contributed by atoms with Crippen LogP contribution in [-0.4, -0.2) is 27.8 Å². The molecule has 2 heterocycles. The van der Waals surface area contributed by atoms with Crippen LogP contribution in [0.25, 0.3) is 6.08 Å². The zero-order chi connectivity index (χ0) is 12.4. The van der Waals surface area contributed by atoms with Crippen molar-refractivity contribution in [2.24, 2.45) is 5.92 Å². The molecule has 0 saturated carbocycles. The van der Waals surface area contributed by atoms with E-state index in [0.717, 1.165) is 0 Å². The highest BCUT2D eigenvalue weighted by Gasteiger charge is 2.31. The van der Waals surface area contributed by atoms with Crippen LogP contribution in [0.15, 0.2) is 18.2 Å². The summed E-state index contributed by atoms with van der Waals surface area (Å²) in [7, 11) is 0. The zero-order valence-corrected chi connectivity index (χ0v) is 9.65. The van der Waals surface area contributed by atoms with Crippen LogP contribution in [0.4, 0.5) is 0 Å². The summed E-state index contributed by atoms with van der Waals surface area (Å²) in [4.78, 5) is 30.1. The van der Waals surface area contributed by atoms with Crippen molar-refractivity contribution in [3.63, 3.8) is 0 Å². The third-order valence-electron chi connectivity index (χ3n) is 2.56. The van der Waals surface area contributed by atoms with Crippen LogP contribution < -0.4 is 10.6 Å². The standard InChI is InChI=1S/C11H14N4O2/c1-6(2)9-11(17)14-8(10(16)15-9)3-7-4-12-5-13-7/h3-6,9H,1-2H3,(H,12,13)(H,14,17)(H,15,16)/t9-/m1/s1. The first-order chi connectivity index (χ1) is 8.08. The summed E-state index contributed by atoms with van der Waals surface area (Å²) in [5.74, 6) is -0.407. The molecule has 1 saturated heterocycles. The maximum Gasteiger partial charge on any atom is 0.268 e. The van der Waals surface area contributed by atoms with Gasteiger partial charge in [0.15, 0.2) is 0 Å². The minimum Gasteiger partial charge on any atom is -0.345 e. The van der Waals surface area contributed by atoms with Crippen LogP contribution >= 0.6 is 0 Å². The van der Waals surface area contributed by atoms with Crippen molar-refractivity contribution < 1.29 is 9.59 Å². The van der Waals surface area contributed by atoms with Gasteiger partial charge in [-0.15, -0.1) is 0 Å². The first-order valence-electron chi connectivity index (χ1n) is 5.39. The van der Waals surface area contributed by atoms with Crippen LogP contribution in [0.1, 0.15) is 19.5 Å². The molecule has 0 bridgehead atoms. The van der Waals surface area contributed by atoms with Gasteiger partial charge in [0, 0.05) is 0 Å². The monoisotopic (exact) mass is 234 g/mol. The summed E-state index contributed by atoms with van der Waals surface area (Å²) in [6, 6.07) is -0.471. The Labute approximate surface area is 98.5 Å². The lowest BCUT2D eigenvalue weighted by atomic mass is 10.0. The van der Waals surface area contributed by atoms with Gasteiger partial charge in [-0.2, -0.15) is 0 Å². The first-order valence-corrected chi connectivity index (χ1v) is 5.39. The minimum absolute atomic E-state index is 0.0626. The molecule has 1 aliphatic rings. The molecule has 0 spiro atoms. The van der Waals surface area contributed by atoms with Crippen molar-refractivity contribution >= 4 is 17.9 Å². The lowest BCUT2D eigenvalue weighted by Crippen LogP contribution is -2.56. The lowest BCUT2D eigenvalue weighted by Gasteiger charge is -2.27. The van der Waals surface area contributed by atoms with Crippen molar-refractivity contribution in [2.45, 2.75) is 19.9 Å². The molecule has 2 rings (SSSR count). The van der Waals surface area contributed by atoms with Crippen LogP contribution in [0.2, 0.25) is 0 Å². The molecule has 1 fully saturated rings. The van der Waals surface area contributed by atoms with Gasteiger partial charge in [0.25, 0.3) is 5.91 Å². The summed E-state index contributed by atoms with van der Waals surface area (Å²) in [5, 5.41) is 5.27. The van der Waals surface area contributed by atoms with Gasteiger partial charge in [-0.3, -0.25) is 9.59 Å². The molecule has 1 atom stereocenters. The van der Waals surface area contributed by atoms with E-state index in [4.69, 9.17) is 0 Å². The quantitative estimate of drug-likeness (QED) is 0.630. The number of nitrogens with zero attached hydrogens (tertiary/aromatic N) is 1. The highest BCUT2D eigenvalue weighted by atomic mass is 16.2. The summed E-state index contributed by atoms with van der Waals surface area (Å²) >= 11 is 0. The predicted molar refractivity (Wildman–Crippen MR) is 61.5 cm³/mol. The second-order valence-corrected chi connectivity index (χ2v) is 4.25. The molecular weight excluding hydrogens is 220 g/mol. The van der Waals surface area contributed by atoms with Gasteiger partial charge in [0.2, 0.25) is 5.91 Å². The molecule has 17 heavy (non-hydrogen) atoms. The first kappa shape index (κ1) is 11.4. The van der Waals surface area contributed by atoms with Crippen LogP contribution in [0, 0.1) is 5.92 Å². The number of hydrogen-bond donors (Lipinski definition) is 3. The number of H-pyrrole nitrogens is 1.